The third kappa shape index (κ3) is 1.52. The molecule has 2 heteroatoms. The van der Waals surface area contributed by atoms with Crippen LogP contribution < -0.4 is 0 Å². The maximum absolute atomic E-state index is 11.3. The Balaban J connectivity index is 2.45. The Morgan fingerprint density at radius 2 is 2.21 bits per heavy atom. The van der Waals surface area contributed by atoms with Crippen molar-refractivity contribution in [3.05, 3.63) is 30.2 Å². The number of furan rings is 1. The molecule has 0 atom stereocenters. The van der Waals surface area contributed by atoms with Gasteiger partial charge in [-0.05, 0) is 30.0 Å². The van der Waals surface area contributed by atoms with Crippen molar-refractivity contribution in [2.75, 3.05) is 0 Å². The zero-order valence-corrected chi connectivity index (χ0v) is 8.54. The quantitative estimate of drug-likeness (QED) is 0.681. The summed E-state index contributed by atoms with van der Waals surface area (Å²) in [5, 5.41) is 0. The Morgan fingerprint density at radius 3 is 2.86 bits per heavy atom. The third-order valence-corrected chi connectivity index (χ3v) is 2.82. The van der Waals surface area contributed by atoms with E-state index in [4.69, 9.17) is 4.42 Å². The van der Waals surface area contributed by atoms with Crippen molar-refractivity contribution in [1.29, 1.82) is 0 Å². The predicted molar refractivity (Wildman–Crippen MR) is 54.7 cm³/mol. The average molecular weight is 190 g/mol. The Kier molecular flexibility index (Phi) is 2.06. The predicted octanol–water partition coefficient (Wildman–Crippen LogP) is 3.05. The fourth-order valence-corrected chi connectivity index (χ4v) is 1.84. The monoisotopic (exact) mass is 190 g/mol. The molecule has 2 nitrogen and oxygen atoms in total. The highest BCUT2D eigenvalue weighted by Crippen LogP contribution is 2.41. The molecule has 1 aliphatic rings. The van der Waals surface area contributed by atoms with Crippen LogP contribution in [0, 0.1) is 5.41 Å². The van der Waals surface area contributed by atoms with Crippen molar-refractivity contribution >= 4 is 11.4 Å². The van der Waals surface area contributed by atoms with E-state index in [0.29, 0.717) is 6.42 Å². The van der Waals surface area contributed by atoms with Gasteiger partial charge in [0, 0.05) is 12.0 Å². The molecule has 1 aromatic heterocycles. The van der Waals surface area contributed by atoms with E-state index in [9.17, 15) is 4.79 Å². The molecule has 0 N–H and O–H groups in total. The lowest BCUT2D eigenvalue weighted by Gasteiger charge is -2.29. The van der Waals surface area contributed by atoms with Gasteiger partial charge < -0.3 is 4.42 Å². The van der Waals surface area contributed by atoms with Crippen LogP contribution in [-0.2, 0) is 4.79 Å². The van der Waals surface area contributed by atoms with Gasteiger partial charge in [0.1, 0.15) is 5.76 Å². The van der Waals surface area contributed by atoms with Gasteiger partial charge in [-0.15, -0.1) is 0 Å². The molecular weight excluding hydrogens is 176 g/mol. The van der Waals surface area contributed by atoms with Crippen molar-refractivity contribution in [2.24, 2.45) is 5.41 Å². The van der Waals surface area contributed by atoms with Crippen LogP contribution in [0.15, 0.2) is 28.9 Å². The van der Waals surface area contributed by atoms with Crippen LogP contribution in [-0.4, -0.2) is 5.78 Å². The number of carbonyl (C=O) groups is 1. The van der Waals surface area contributed by atoms with Crippen LogP contribution >= 0.6 is 0 Å². The Bertz CT molecular complexity index is 369. The summed E-state index contributed by atoms with van der Waals surface area (Å²) in [6.45, 7) is 4.29. The second-order valence-electron chi connectivity index (χ2n) is 4.39. The first kappa shape index (κ1) is 9.25. The van der Waals surface area contributed by atoms with Crippen LogP contribution in [0.25, 0.3) is 5.57 Å². The summed E-state index contributed by atoms with van der Waals surface area (Å²) in [4.78, 5) is 11.3. The molecule has 0 aliphatic heterocycles. The summed E-state index contributed by atoms with van der Waals surface area (Å²) in [7, 11) is 0. The number of ketones is 1. The number of hydrogen-bond acceptors (Lipinski definition) is 2. The normalized spacial score (nSPS) is 20.7. The molecule has 0 bridgehead atoms. The maximum atomic E-state index is 11.3. The van der Waals surface area contributed by atoms with Crippen molar-refractivity contribution in [1.82, 2.24) is 0 Å². The van der Waals surface area contributed by atoms with Gasteiger partial charge in [0.25, 0.3) is 0 Å². The van der Waals surface area contributed by atoms with Crippen LogP contribution in [0.5, 0.6) is 0 Å². The van der Waals surface area contributed by atoms with Gasteiger partial charge in [-0.1, -0.05) is 13.8 Å². The Labute approximate surface area is 83.6 Å². The van der Waals surface area contributed by atoms with E-state index < -0.39 is 0 Å². The van der Waals surface area contributed by atoms with Crippen LogP contribution in [0.4, 0.5) is 0 Å². The molecule has 0 unspecified atom stereocenters. The molecule has 74 valence electrons. The smallest absolute Gasteiger partial charge is 0.156 e. The van der Waals surface area contributed by atoms with E-state index in [2.05, 4.69) is 13.8 Å². The molecule has 0 saturated heterocycles. The molecule has 0 amide bonds. The van der Waals surface area contributed by atoms with Crippen LogP contribution in [0.2, 0.25) is 0 Å². The number of hydrogen-bond donors (Lipinski definition) is 0. The van der Waals surface area contributed by atoms with Crippen LogP contribution in [0.1, 0.15) is 32.4 Å². The summed E-state index contributed by atoms with van der Waals surface area (Å²) in [5.74, 6) is 1.03. The molecule has 0 aromatic carbocycles. The molecule has 0 fully saturated rings. The zero-order chi connectivity index (χ0) is 10.2. The van der Waals surface area contributed by atoms with Crippen molar-refractivity contribution < 1.29 is 9.21 Å². The minimum Gasteiger partial charge on any atom is -0.465 e. The number of allylic oxidation sites excluding steroid dienone is 2. The largest absolute Gasteiger partial charge is 0.465 e. The maximum Gasteiger partial charge on any atom is 0.156 e. The fourth-order valence-electron chi connectivity index (χ4n) is 1.84. The van der Waals surface area contributed by atoms with E-state index in [1.165, 1.54) is 0 Å². The summed E-state index contributed by atoms with van der Waals surface area (Å²) in [5.41, 5.74) is 1.07. The minimum atomic E-state index is 0.0474. The molecular formula is C12H14O2. The van der Waals surface area contributed by atoms with E-state index in [1.54, 1.807) is 12.3 Å². The van der Waals surface area contributed by atoms with Gasteiger partial charge >= 0.3 is 0 Å². The van der Waals surface area contributed by atoms with E-state index in [0.717, 1.165) is 17.8 Å². The highest BCUT2D eigenvalue weighted by Gasteiger charge is 2.30. The summed E-state index contributed by atoms with van der Waals surface area (Å²) >= 11 is 0. The Morgan fingerprint density at radius 1 is 1.43 bits per heavy atom. The average Bonchev–Trinajstić information content (AvgIpc) is 2.62. The van der Waals surface area contributed by atoms with Gasteiger partial charge in [-0.3, -0.25) is 4.79 Å². The van der Waals surface area contributed by atoms with Crippen LogP contribution in [0.3, 0.4) is 0 Å². The molecule has 1 aliphatic carbocycles. The lowest BCUT2D eigenvalue weighted by molar-refractivity contribution is -0.115. The molecule has 1 aromatic rings. The van der Waals surface area contributed by atoms with Gasteiger partial charge in [0.15, 0.2) is 5.78 Å². The summed E-state index contributed by atoms with van der Waals surface area (Å²) in [6, 6.07) is 3.76. The van der Waals surface area contributed by atoms with Crippen molar-refractivity contribution in [3.63, 3.8) is 0 Å². The van der Waals surface area contributed by atoms with Gasteiger partial charge in [-0.2, -0.15) is 0 Å². The van der Waals surface area contributed by atoms with E-state index in [1.807, 2.05) is 12.1 Å². The molecule has 0 radical (unpaired) electrons. The van der Waals surface area contributed by atoms with Gasteiger partial charge in [-0.25, -0.2) is 0 Å². The lowest BCUT2D eigenvalue weighted by atomic mass is 9.74. The standard InChI is InChI=1S/C12H14O2/c1-12(2)6-5-9(13)8-10(12)11-4-3-7-14-11/h3-4,7-8H,5-6H2,1-2H3. The SMILES string of the molecule is CC1(C)CCC(=O)C=C1c1ccco1. The molecule has 0 saturated carbocycles. The Hall–Kier alpha value is -1.31. The van der Waals surface area contributed by atoms with E-state index >= 15 is 0 Å². The van der Waals surface area contributed by atoms with Gasteiger partial charge in [0.05, 0.1) is 6.26 Å². The molecule has 14 heavy (non-hydrogen) atoms. The van der Waals surface area contributed by atoms with Gasteiger partial charge in [0.2, 0.25) is 0 Å². The summed E-state index contributed by atoms with van der Waals surface area (Å²) in [6.07, 6.45) is 4.92. The molecule has 1 heterocycles. The van der Waals surface area contributed by atoms with E-state index in [-0.39, 0.29) is 11.2 Å². The second kappa shape index (κ2) is 3.12. The first-order chi connectivity index (χ1) is 6.59. The third-order valence-electron chi connectivity index (χ3n) is 2.82. The van der Waals surface area contributed by atoms with Crippen molar-refractivity contribution in [2.45, 2.75) is 26.7 Å². The highest BCUT2D eigenvalue weighted by molar-refractivity contribution is 5.99. The fraction of sp³-hybridized carbons (Fsp3) is 0.417. The molecule has 0 spiro atoms. The first-order valence-corrected chi connectivity index (χ1v) is 4.88. The lowest BCUT2D eigenvalue weighted by Crippen LogP contribution is -2.20. The number of rotatable bonds is 1. The first-order valence-electron chi connectivity index (χ1n) is 4.88. The molecule has 2 rings (SSSR count). The summed E-state index contributed by atoms with van der Waals surface area (Å²) < 4.78 is 5.34. The topological polar surface area (TPSA) is 30.2 Å². The zero-order valence-electron chi connectivity index (χ0n) is 8.54. The highest BCUT2D eigenvalue weighted by atomic mass is 16.3. The second-order valence-corrected chi connectivity index (χ2v) is 4.39. The minimum absolute atomic E-state index is 0.0474. The number of carbonyl (C=O) groups excluding carboxylic acids is 1. The van der Waals surface area contributed by atoms with Crippen molar-refractivity contribution in [3.8, 4) is 0 Å².